The van der Waals surface area contributed by atoms with Crippen LogP contribution in [0.4, 0.5) is 0 Å². The zero-order valence-corrected chi connectivity index (χ0v) is 19.5. The Morgan fingerprint density at radius 1 is 1.19 bits per heavy atom. The van der Waals surface area contributed by atoms with Gasteiger partial charge in [-0.3, -0.25) is 4.99 Å². The molecule has 0 aromatic heterocycles. The number of halogens is 1. The lowest BCUT2D eigenvalue weighted by molar-refractivity contribution is 0.139. The molecule has 1 fully saturated rings. The topological polar surface area (TPSA) is 52.1 Å². The lowest BCUT2D eigenvalue weighted by atomic mass is 10.1. The van der Waals surface area contributed by atoms with Gasteiger partial charge in [0, 0.05) is 52.9 Å². The number of likely N-dealkylation sites (N-methyl/N-ethyl adjacent to an activating group) is 1. The van der Waals surface area contributed by atoms with E-state index in [1.54, 1.807) is 7.11 Å². The van der Waals surface area contributed by atoms with E-state index in [9.17, 15) is 0 Å². The van der Waals surface area contributed by atoms with Crippen LogP contribution in [0.1, 0.15) is 12.5 Å². The summed E-state index contributed by atoms with van der Waals surface area (Å²) in [6.07, 6.45) is 0.904. The molecule has 0 amide bonds. The SMILES string of the molecule is CN=C(NCCc1ccccc1OC)NCC(C)CN1CCN(C)CC1.I. The van der Waals surface area contributed by atoms with Crippen molar-refractivity contribution in [2.24, 2.45) is 10.9 Å². The number of rotatable bonds is 8. The Kier molecular flexibility index (Phi) is 11.7. The van der Waals surface area contributed by atoms with Crippen molar-refractivity contribution in [2.45, 2.75) is 13.3 Å². The van der Waals surface area contributed by atoms with Gasteiger partial charge in [-0.15, -0.1) is 24.0 Å². The van der Waals surface area contributed by atoms with Crippen molar-refractivity contribution in [1.29, 1.82) is 0 Å². The van der Waals surface area contributed by atoms with Crippen LogP contribution < -0.4 is 15.4 Å². The molecule has 1 aromatic carbocycles. The predicted molar refractivity (Wildman–Crippen MR) is 125 cm³/mol. The van der Waals surface area contributed by atoms with Crippen LogP contribution in [0.2, 0.25) is 0 Å². The third kappa shape index (κ3) is 8.66. The molecule has 0 saturated carbocycles. The van der Waals surface area contributed by atoms with E-state index in [2.05, 4.69) is 45.5 Å². The van der Waals surface area contributed by atoms with Crippen LogP contribution in [-0.4, -0.2) is 82.8 Å². The quantitative estimate of drug-likeness (QED) is 0.332. The minimum Gasteiger partial charge on any atom is -0.496 e. The largest absolute Gasteiger partial charge is 0.496 e. The summed E-state index contributed by atoms with van der Waals surface area (Å²) in [5.41, 5.74) is 1.21. The van der Waals surface area contributed by atoms with Gasteiger partial charge in [-0.25, -0.2) is 0 Å². The first kappa shape index (κ1) is 24.0. The maximum Gasteiger partial charge on any atom is 0.190 e. The molecule has 7 heteroatoms. The fraction of sp³-hybridized carbons (Fsp3) is 0.650. The molecule has 1 saturated heterocycles. The fourth-order valence-corrected chi connectivity index (χ4v) is 3.25. The van der Waals surface area contributed by atoms with Crippen molar-refractivity contribution in [3.63, 3.8) is 0 Å². The van der Waals surface area contributed by atoms with Crippen molar-refractivity contribution in [1.82, 2.24) is 20.4 Å². The average Bonchev–Trinajstić information content (AvgIpc) is 2.66. The van der Waals surface area contributed by atoms with Gasteiger partial charge in [0.25, 0.3) is 0 Å². The fourth-order valence-electron chi connectivity index (χ4n) is 3.25. The second-order valence-electron chi connectivity index (χ2n) is 7.15. The molecule has 0 radical (unpaired) electrons. The molecule has 0 bridgehead atoms. The summed E-state index contributed by atoms with van der Waals surface area (Å²) < 4.78 is 5.41. The summed E-state index contributed by atoms with van der Waals surface area (Å²) in [6.45, 7) is 9.89. The molecule has 1 heterocycles. The van der Waals surface area contributed by atoms with Gasteiger partial charge in [0.05, 0.1) is 7.11 Å². The van der Waals surface area contributed by atoms with Crippen molar-refractivity contribution < 1.29 is 4.74 Å². The summed E-state index contributed by atoms with van der Waals surface area (Å²) in [5.74, 6) is 2.40. The molecule has 6 nitrogen and oxygen atoms in total. The van der Waals surface area contributed by atoms with E-state index in [0.717, 1.165) is 37.8 Å². The van der Waals surface area contributed by atoms with E-state index in [-0.39, 0.29) is 24.0 Å². The summed E-state index contributed by atoms with van der Waals surface area (Å²) in [5, 5.41) is 6.85. The number of nitrogens with zero attached hydrogens (tertiary/aromatic N) is 3. The van der Waals surface area contributed by atoms with Crippen molar-refractivity contribution >= 4 is 29.9 Å². The Hall–Kier alpha value is -1.06. The first-order valence-electron chi connectivity index (χ1n) is 9.59. The molecule has 1 aromatic rings. The molecule has 1 atom stereocenters. The van der Waals surface area contributed by atoms with E-state index >= 15 is 0 Å². The Bertz CT molecular complexity index is 561. The Balaban J connectivity index is 0.00000364. The molecular formula is C20H36IN5O. The Morgan fingerprint density at radius 3 is 2.56 bits per heavy atom. The summed E-state index contributed by atoms with van der Waals surface area (Å²) >= 11 is 0. The summed E-state index contributed by atoms with van der Waals surface area (Å²) in [6, 6.07) is 8.15. The highest BCUT2D eigenvalue weighted by Crippen LogP contribution is 2.17. The van der Waals surface area contributed by atoms with E-state index in [0.29, 0.717) is 5.92 Å². The minimum absolute atomic E-state index is 0. The van der Waals surface area contributed by atoms with Crippen LogP contribution in [0, 0.1) is 5.92 Å². The first-order valence-corrected chi connectivity index (χ1v) is 9.59. The van der Waals surface area contributed by atoms with Crippen molar-refractivity contribution in [2.75, 3.05) is 67.0 Å². The highest BCUT2D eigenvalue weighted by Gasteiger charge is 2.16. The van der Waals surface area contributed by atoms with Gasteiger partial charge < -0.3 is 25.2 Å². The molecule has 1 unspecified atom stereocenters. The number of nitrogens with one attached hydrogen (secondary N) is 2. The normalized spacial score (nSPS) is 17.1. The van der Waals surface area contributed by atoms with Crippen LogP contribution in [0.25, 0.3) is 0 Å². The summed E-state index contributed by atoms with van der Waals surface area (Å²) in [7, 11) is 5.74. The molecule has 0 aliphatic carbocycles. The molecule has 0 spiro atoms. The first-order chi connectivity index (χ1) is 12.6. The highest BCUT2D eigenvalue weighted by atomic mass is 127. The molecule has 2 rings (SSSR count). The number of ether oxygens (including phenoxy) is 1. The second-order valence-corrected chi connectivity index (χ2v) is 7.15. The summed E-state index contributed by atoms with van der Waals surface area (Å²) in [4.78, 5) is 9.29. The van der Waals surface area contributed by atoms with Crippen molar-refractivity contribution in [3.8, 4) is 5.75 Å². The number of aliphatic imine (C=N–C) groups is 1. The van der Waals surface area contributed by atoms with Crippen LogP contribution in [0.5, 0.6) is 5.75 Å². The standard InChI is InChI=1S/C20H35N5O.HI/c1-17(16-25-13-11-24(3)12-14-25)15-23-20(21-2)22-10-9-18-7-5-6-8-19(18)26-4;/h5-8,17H,9-16H2,1-4H3,(H2,21,22,23);1H. The lowest BCUT2D eigenvalue weighted by Crippen LogP contribution is -2.47. The van der Waals surface area contributed by atoms with Gasteiger partial charge in [-0.05, 0) is 31.0 Å². The number of hydrogen-bond acceptors (Lipinski definition) is 4. The van der Waals surface area contributed by atoms with E-state index < -0.39 is 0 Å². The monoisotopic (exact) mass is 489 g/mol. The van der Waals surface area contributed by atoms with Crippen LogP contribution in [0.3, 0.4) is 0 Å². The number of piperazine rings is 1. The van der Waals surface area contributed by atoms with Gasteiger partial charge in [-0.2, -0.15) is 0 Å². The second kappa shape index (κ2) is 13.2. The molecule has 2 N–H and O–H groups in total. The number of para-hydroxylation sites is 1. The van der Waals surface area contributed by atoms with Crippen molar-refractivity contribution in [3.05, 3.63) is 29.8 Å². The highest BCUT2D eigenvalue weighted by molar-refractivity contribution is 14.0. The number of benzene rings is 1. The Labute approximate surface area is 181 Å². The van der Waals surface area contributed by atoms with Crippen LogP contribution in [-0.2, 0) is 6.42 Å². The lowest BCUT2D eigenvalue weighted by Gasteiger charge is -2.34. The van der Waals surface area contributed by atoms with Crippen LogP contribution >= 0.6 is 24.0 Å². The molecule has 1 aliphatic heterocycles. The average molecular weight is 489 g/mol. The Morgan fingerprint density at radius 2 is 1.89 bits per heavy atom. The predicted octanol–water partition coefficient (Wildman–Crippen LogP) is 1.90. The van der Waals surface area contributed by atoms with Gasteiger partial charge in [-0.1, -0.05) is 25.1 Å². The smallest absolute Gasteiger partial charge is 0.190 e. The van der Waals surface area contributed by atoms with E-state index in [1.165, 1.54) is 31.7 Å². The molecule has 1 aliphatic rings. The van der Waals surface area contributed by atoms with Crippen LogP contribution in [0.15, 0.2) is 29.3 Å². The van der Waals surface area contributed by atoms with Gasteiger partial charge in [0.15, 0.2) is 5.96 Å². The van der Waals surface area contributed by atoms with Gasteiger partial charge in [0.1, 0.15) is 5.75 Å². The molecular weight excluding hydrogens is 453 g/mol. The molecule has 154 valence electrons. The maximum absolute atomic E-state index is 5.41. The van der Waals surface area contributed by atoms with E-state index in [1.807, 2.05) is 25.2 Å². The molecule has 27 heavy (non-hydrogen) atoms. The maximum atomic E-state index is 5.41. The third-order valence-corrected chi connectivity index (χ3v) is 4.89. The van der Waals surface area contributed by atoms with Gasteiger partial charge in [0.2, 0.25) is 0 Å². The third-order valence-electron chi connectivity index (χ3n) is 4.89. The minimum atomic E-state index is 0. The number of hydrogen-bond donors (Lipinski definition) is 2. The number of methoxy groups -OCH3 is 1. The van der Waals surface area contributed by atoms with Gasteiger partial charge >= 0.3 is 0 Å². The zero-order valence-electron chi connectivity index (χ0n) is 17.2. The van der Waals surface area contributed by atoms with E-state index in [4.69, 9.17) is 4.74 Å². The zero-order chi connectivity index (χ0) is 18.8. The number of guanidine groups is 1.